The summed E-state index contributed by atoms with van der Waals surface area (Å²) in [5.74, 6) is 0.577. The van der Waals surface area contributed by atoms with Crippen LogP contribution in [0.4, 0.5) is 11.4 Å². The van der Waals surface area contributed by atoms with Gasteiger partial charge in [0.1, 0.15) is 12.4 Å². The van der Waals surface area contributed by atoms with Crippen molar-refractivity contribution >= 4 is 38.2 Å². The topological polar surface area (TPSA) is 86.4 Å². The van der Waals surface area contributed by atoms with Gasteiger partial charge in [0.25, 0.3) is 0 Å². The fourth-order valence-corrected chi connectivity index (χ4v) is 4.86. The van der Waals surface area contributed by atoms with Crippen LogP contribution in [-0.2, 0) is 34.1 Å². The fourth-order valence-electron chi connectivity index (χ4n) is 4.46. The molecule has 0 radical (unpaired) electrons. The van der Waals surface area contributed by atoms with Gasteiger partial charge in [-0.25, -0.2) is 0 Å². The van der Waals surface area contributed by atoms with Gasteiger partial charge in [-0.15, -0.1) is 0 Å². The molecule has 6 nitrogen and oxygen atoms in total. The molecule has 0 spiro atoms. The van der Waals surface area contributed by atoms with E-state index in [-0.39, 0.29) is 26.6 Å². The number of aliphatic hydroxyl groups is 1. The van der Waals surface area contributed by atoms with Gasteiger partial charge < -0.3 is 25.5 Å². The van der Waals surface area contributed by atoms with Crippen LogP contribution in [-0.4, -0.2) is 23.2 Å². The molecule has 0 aliphatic carbocycles. The van der Waals surface area contributed by atoms with Gasteiger partial charge in [-0.2, -0.15) is 0 Å². The molecular formula is C32H30BrN3O3W. The SMILES string of the molecule is O=c1ccc2c([C@@H](O)CNCCc3ccc(Nc4cccc(Br)c4)cc3)ccc(OCc3ccccc3)c2[nH]1.[W]. The Balaban J connectivity index is 0.00000370. The molecule has 1 atom stereocenters. The number of nitrogens with one attached hydrogen (secondary N) is 3. The van der Waals surface area contributed by atoms with Crippen molar-refractivity contribution in [1.82, 2.24) is 10.3 Å². The summed E-state index contributed by atoms with van der Waals surface area (Å²) in [7, 11) is 0. The third-order valence-corrected chi connectivity index (χ3v) is 6.98. The average Bonchev–Trinajstić information content (AvgIpc) is 2.95. The van der Waals surface area contributed by atoms with Crippen molar-refractivity contribution in [3.8, 4) is 5.75 Å². The number of aromatic amines is 1. The standard InChI is InChI=1S/C32H30BrN3O3.W/c33-24-7-4-8-26(19-24)35-25-11-9-22(10-12-25)17-18-34-20-29(37)27-13-15-30(32-28(27)14-16-31(38)36-32)39-21-23-5-2-1-3-6-23;/h1-16,19,29,34-35,37H,17-18,20-21H2,(H,36,38);/t29-;/m0./s1. The van der Waals surface area contributed by atoms with Crippen LogP contribution < -0.4 is 20.9 Å². The molecular weight excluding hydrogens is 738 g/mol. The van der Waals surface area contributed by atoms with Crippen LogP contribution in [0.2, 0.25) is 0 Å². The molecule has 0 aliphatic heterocycles. The van der Waals surface area contributed by atoms with Crippen molar-refractivity contribution < 1.29 is 30.9 Å². The van der Waals surface area contributed by atoms with Crippen molar-refractivity contribution in [3.05, 3.63) is 135 Å². The minimum Gasteiger partial charge on any atom is -0.487 e. The minimum atomic E-state index is -0.738. The van der Waals surface area contributed by atoms with Crippen LogP contribution in [0, 0.1) is 0 Å². The van der Waals surface area contributed by atoms with E-state index in [1.807, 2.05) is 66.7 Å². The molecule has 5 rings (SSSR count). The molecule has 40 heavy (non-hydrogen) atoms. The van der Waals surface area contributed by atoms with Gasteiger partial charge in [0, 0.05) is 54.9 Å². The van der Waals surface area contributed by atoms with Gasteiger partial charge in [-0.3, -0.25) is 4.79 Å². The van der Waals surface area contributed by atoms with Gasteiger partial charge in [-0.05, 0) is 72.1 Å². The molecule has 8 heteroatoms. The number of hydrogen-bond donors (Lipinski definition) is 4. The number of fused-ring (bicyclic) bond motifs is 1. The summed E-state index contributed by atoms with van der Waals surface area (Å²) in [4.78, 5) is 15.0. The quantitative estimate of drug-likeness (QED) is 0.116. The number of ether oxygens (including phenoxy) is 1. The Bertz CT molecular complexity index is 1590. The normalized spacial score (nSPS) is 11.6. The summed E-state index contributed by atoms with van der Waals surface area (Å²) >= 11 is 3.49. The largest absolute Gasteiger partial charge is 0.487 e. The molecule has 1 heterocycles. The molecule has 4 aromatic carbocycles. The predicted molar refractivity (Wildman–Crippen MR) is 161 cm³/mol. The molecule has 4 N–H and O–H groups in total. The van der Waals surface area contributed by atoms with Crippen LogP contribution in [0.3, 0.4) is 0 Å². The molecule has 0 fully saturated rings. The van der Waals surface area contributed by atoms with Gasteiger partial charge in [0.05, 0.1) is 11.6 Å². The Morgan fingerprint density at radius 3 is 2.42 bits per heavy atom. The first-order chi connectivity index (χ1) is 19.0. The van der Waals surface area contributed by atoms with Gasteiger partial charge in [-0.1, -0.05) is 70.5 Å². The van der Waals surface area contributed by atoms with Crippen LogP contribution >= 0.6 is 15.9 Å². The van der Waals surface area contributed by atoms with Crippen LogP contribution in [0.5, 0.6) is 5.75 Å². The maximum atomic E-state index is 12.1. The van der Waals surface area contributed by atoms with Gasteiger partial charge >= 0.3 is 0 Å². The summed E-state index contributed by atoms with van der Waals surface area (Å²) in [6.07, 6.45) is 0.0999. The monoisotopic (exact) mass is 767 g/mol. The summed E-state index contributed by atoms with van der Waals surface area (Å²) in [6.45, 7) is 1.50. The predicted octanol–water partition coefficient (Wildman–Crippen LogP) is 6.48. The smallest absolute Gasteiger partial charge is 0.248 e. The number of rotatable bonds is 11. The van der Waals surface area contributed by atoms with Crippen molar-refractivity contribution in [2.24, 2.45) is 0 Å². The molecule has 204 valence electrons. The Labute approximate surface area is 256 Å². The first-order valence-electron chi connectivity index (χ1n) is 12.9. The van der Waals surface area contributed by atoms with E-state index in [0.717, 1.165) is 45.3 Å². The number of hydrogen-bond acceptors (Lipinski definition) is 5. The van der Waals surface area contributed by atoms with E-state index >= 15 is 0 Å². The van der Waals surface area contributed by atoms with E-state index in [1.54, 1.807) is 6.07 Å². The summed E-state index contributed by atoms with van der Waals surface area (Å²) in [5, 5.41) is 18.5. The van der Waals surface area contributed by atoms with Crippen LogP contribution in [0.15, 0.2) is 112 Å². The molecule has 0 saturated carbocycles. The van der Waals surface area contributed by atoms with E-state index in [9.17, 15) is 9.90 Å². The number of aliphatic hydroxyl groups excluding tert-OH is 1. The van der Waals surface area contributed by atoms with Crippen molar-refractivity contribution in [2.75, 3.05) is 18.4 Å². The maximum Gasteiger partial charge on any atom is 0.248 e. The molecule has 0 amide bonds. The van der Waals surface area contributed by atoms with E-state index in [1.165, 1.54) is 11.6 Å². The van der Waals surface area contributed by atoms with E-state index in [2.05, 4.69) is 55.8 Å². The van der Waals surface area contributed by atoms with E-state index < -0.39 is 6.10 Å². The van der Waals surface area contributed by atoms with Crippen molar-refractivity contribution in [1.29, 1.82) is 0 Å². The summed E-state index contributed by atoms with van der Waals surface area (Å²) in [6, 6.07) is 33.2. The van der Waals surface area contributed by atoms with Crippen LogP contribution in [0.1, 0.15) is 22.8 Å². The number of halogens is 1. The molecule has 0 unspecified atom stereocenters. The Morgan fingerprint density at radius 1 is 0.850 bits per heavy atom. The van der Waals surface area contributed by atoms with Gasteiger partial charge in [0.15, 0.2) is 0 Å². The fraction of sp³-hybridized carbons (Fsp3) is 0.156. The minimum absolute atomic E-state index is 0. The number of anilines is 2. The first-order valence-corrected chi connectivity index (χ1v) is 13.7. The second-order valence-corrected chi connectivity index (χ2v) is 10.3. The number of benzene rings is 4. The molecule has 5 aromatic rings. The van der Waals surface area contributed by atoms with E-state index in [0.29, 0.717) is 24.4 Å². The molecule has 0 bridgehead atoms. The van der Waals surface area contributed by atoms with Crippen molar-refractivity contribution in [3.63, 3.8) is 0 Å². The first kappa shape index (κ1) is 29.8. The Morgan fingerprint density at radius 2 is 1.65 bits per heavy atom. The third-order valence-electron chi connectivity index (χ3n) is 6.48. The number of aromatic nitrogens is 1. The average molecular weight is 768 g/mol. The third kappa shape index (κ3) is 7.92. The number of H-pyrrole nitrogens is 1. The van der Waals surface area contributed by atoms with Crippen LogP contribution in [0.25, 0.3) is 10.9 Å². The maximum absolute atomic E-state index is 12.1. The number of pyridine rings is 1. The zero-order chi connectivity index (χ0) is 27.0. The second-order valence-electron chi connectivity index (χ2n) is 9.34. The van der Waals surface area contributed by atoms with Crippen molar-refractivity contribution in [2.45, 2.75) is 19.1 Å². The molecule has 0 aliphatic rings. The molecule has 1 aromatic heterocycles. The second kappa shape index (κ2) is 14.4. The zero-order valence-electron chi connectivity index (χ0n) is 21.8. The summed E-state index contributed by atoms with van der Waals surface area (Å²) < 4.78 is 7.05. The van der Waals surface area contributed by atoms with Gasteiger partial charge in [0.2, 0.25) is 5.56 Å². The zero-order valence-corrected chi connectivity index (χ0v) is 26.3. The van der Waals surface area contributed by atoms with E-state index in [4.69, 9.17) is 4.74 Å². The molecule has 0 saturated heterocycles. The Kier molecular flexibility index (Phi) is 10.7. The summed E-state index contributed by atoms with van der Waals surface area (Å²) in [5.41, 5.74) is 5.42. The Hall–Kier alpha value is -3.22.